The Morgan fingerprint density at radius 2 is 0.900 bits per heavy atom. The van der Waals surface area contributed by atoms with Gasteiger partial charge in [0.2, 0.25) is 0 Å². The van der Waals surface area contributed by atoms with Crippen LogP contribution in [0.2, 0.25) is 0 Å². The molecule has 0 aliphatic rings. The molecule has 0 bridgehead atoms. The minimum atomic E-state index is 0.185. The molecule has 1 nitrogen and oxygen atoms in total. The van der Waals surface area contributed by atoms with Crippen molar-refractivity contribution in [2.45, 2.75) is 11.8 Å². The van der Waals surface area contributed by atoms with Gasteiger partial charge in [0.05, 0.1) is 0 Å². The van der Waals surface area contributed by atoms with Crippen LogP contribution in [0.3, 0.4) is 0 Å². The highest BCUT2D eigenvalue weighted by atomic mass is 16.5. The molecule has 148 valence electrons. The molecule has 0 amide bonds. The lowest BCUT2D eigenvalue weighted by Crippen LogP contribution is -2.14. The zero-order valence-corrected chi connectivity index (χ0v) is 17.0. The van der Waals surface area contributed by atoms with Gasteiger partial charge in [-0.25, -0.2) is 0 Å². The largest absolute Gasteiger partial charge is 0.490 e. The first-order chi connectivity index (χ1) is 14.9. The van der Waals surface area contributed by atoms with E-state index in [2.05, 4.69) is 122 Å². The normalized spacial score (nSPS) is 11.8. The van der Waals surface area contributed by atoms with Gasteiger partial charge in [-0.3, -0.25) is 0 Å². The highest BCUT2D eigenvalue weighted by molar-refractivity contribution is 5.45. The summed E-state index contributed by atoms with van der Waals surface area (Å²) in [5.41, 5.74) is 5.19. The van der Waals surface area contributed by atoms with Crippen LogP contribution in [-0.4, -0.2) is 6.61 Å². The van der Waals surface area contributed by atoms with Crippen molar-refractivity contribution in [3.05, 3.63) is 150 Å². The Morgan fingerprint density at radius 3 is 1.27 bits per heavy atom. The van der Waals surface area contributed by atoms with E-state index in [1.807, 2.05) is 0 Å². The second kappa shape index (κ2) is 9.76. The van der Waals surface area contributed by atoms with Crippen molar-refractivity contribution in [1.82, 2.24) is 0 Å². The summed E-state index contributed by atoms with van der Waals surface area (Å²) < 4.78 is 5.71. The number of ether oxygens (including phenoxy) is 1. The first-order valence-corrected chi connectivity index (χ1v) is 10.4. The van der Waals surface area contributed by atoms with Crippen LogP contribution in [0.1, 0.15) is 34.1 Å². The summed E-state index contributed by atoms with van der Waals surface area (Å²) in [7, 11) is 0. The van der Waals surface area contributed by atoms with Gasteiger partial charge in [-0.15, -0.1) is 0 Å². The van der Waals surface area contributed by atoms with Crippen molar-refractivity contribution in [2.75, 3.05) is 6.61 Å². The third-order valence-corrected chi connectivity index (χ3v) is 5.42. The van der Waals surface area contributed by atoms with Gasteiger partial charge in [-0.1, -0.05) is 116 Å². The average molecular weight is 391 g/mol. The number of rotatable bonds is 8. The van der Waals surface area contributed by atoms with Crippen LogP contribution in [-0.2, 0) is 0 Å². The van der Waals surface area contributed by atoms with Gasteiger partial charge in [0.1, 0.15) is 12.4 Å². The van der Waals surface area contributed by atoms with Crippen molar-refractivity contribution < 1.29 is 4.74 Å². The van der Waals surface area contributed by atoms with Crippen LogP contribution in [0.15, 0.2) is 128 Å². The van der Waals surface area contributed by atoms with Crippen molar-refractivity contribution in [3.63, 3.8) is 0 Å². The van der Waals surface area contributed by atoms with E-state index < -0.39 is 0 Å². The van der Waals surface area contributed by atoms with Crippen LogP contribution < -0.4 is 4.74 Å². The molecular formula is C29H26O. The second-order valence-corrected chi connectivity index (χ2v) is 7.36. The Hall–Kier alpha value is -3.58. The molecule has 4 rings (SSSR count). The van der Waals surface area contributed by atoms with Crippen LogP contribution in [0, 0.1) is 0 Å². The summed E-state index contributed by atoms with van der Waals surface area (Å²) in [6, 6.07) is 40.8. The maximum atomic E-state index is 5.71. The highest BCUT2D eigenvalue weighted by Gasteiger charge is 2.28. The Labute approximate surface area is 179 Å². The van der Waals surface area contributed by atoms with Crippen molar-refractivity contribution in [3.8, 4) is 5.75 Å². The van der Waals surface area contributed by atoms with Crippen LogP contribution in [0.4, 0.5) is 0 Å². The number of hydrogen-bond donors (Lipinski definition) is 0. The van der Waals surface area contributed by atoms with Gasteiger partial charge in [-0.2, -0.15) is 0 Å². The van der Waals surface area contributed by atoms with E-state index in [1.165, 1.54) is 22.3 Å². The molecule has 1 atom stereocenters. The van der Waals surface area contributed by atoms with Gasteiger partial charge < -0.3 is 4.74 Å². The lowest BCUT2D eigenvalue weighted by molar-refractivity contribution is 0.363. The summed E-state index contributed by atoms with van der Waals surface area (Å²) in [5.74, 6) is 1.25. The maximum Gasteiger partial charge on any atom is 0.119 e. The standard InChI is InChI=1S/C29H26O/c1-2-22-30-27-20-18-26(19-21-27)29(25-16-10-5-11-17-25)28(23-12-6-3-7-13-23)24-14-8-4-9-15-24/h2-21,28-29H,1,22H2. The zero-order chi connectivity index (χ0) is 20.6. The first kappa shape index (κ1) is 19.7. The van der Waals surface area contributed by atoms with E-state index in [0.717, 1.165) is 5.75 Å². The fourth-order valence-electron chi connectivity index (χ4n) is 4.06. The molecule has 0 fully saturated rings. The number of hydrogen-bond acceptors (Lipinski definition) is 1. The topological polar surface area (TPSA) is 9.23 Å². The molecule has 0 heterocycles. The van der Waals surface area contributed by atoms with E-state index in [9.17, 15) is 0 Å². The molecule has 4 aromatic rings. The highest BCUT2D eigenvalue weighted by Crippen LogP contribution is 2.43. The van der Waals surface area contributed by atoms with Gasteiger partial charge in [-0.05, 0) is 34.4 Å². The molecule has 0 saturated carbocycles. The SMILES string of the molecule is C=CCOc1ccc(C(c2ccccc2)C(c2ccccc2)c2ccccc2)cc1. The van der Waals surface area contributed by atoms with Crippen molar-refractivity contribution >= 4 is 0 Å². The number of benzene rings is 4. The molecule has 1 heteroatoms. The Kier molecular flexibility index (Phi) is 6.41. The minimum Gasteiger partial charge on any atom is -0.490 e. The predicted octanol–water partition coefficient (Wildman–Crippen LogP) is 7.22. The minimum absolute atomic E-state index is 0.185. The summed E-state index contributed by atoms with van der Waals surface area (Å²) in [6.45, 7) is 4.24. The Balaban J connectivity index is 1.84. The fourth-order valence-corrected chi connectivity index (χ4v) is 4.06. The van der Waals surface area contributed by atoms with E-state index in [1.54, 1.807) is 6.08 Å². The molecule has 0 aliphatic heterocycles. The van der Waals surface area contributed by atoms with Gasteiger partial charge in [0.25, 0.3) is 0 Å². The molecule has 0 aliphatic carbocycles. The first-order valence-electron chi connectivity index (χ1n) is 10.4. The van der Waals surface area contributed by atoms with Crippen molar-refractivity contribution in [2.24, 2.45) is 0 Å². The quantitative estimate of drug-likeness (QED) is 0.289. The molecule has 30 heavy (non-hydrogen) atoms. The molecule has 1 unspecified atom stereocenters. The summed E-state index contributed by atoms with van der Waals surface area (Å²) in [6.07, 6.45) is 1.77. The Morgan fingerprint density at radius 1 is 0.533 bits per heavy atom. The molecule has 4 aromatic carbocycles. The monoisotopic (exact) mass is 390 g/mol. The summed E-state index contributed by atoms with van der Waals surface area (Å²) in [5, 5.41) is 0. The molecule has 0 saturated heterocycles. The van der Waals surface area contributed by atoms with E-state index in [0.29, 0.717) is 6.61 Å². The Bertz CT molecular complexity index is 998. The lowest BCUT2D eigenvalue weighted by Gasteiger charge is -2.29. The second-order valence-electron chi connectivity index (χ2n) is 7.36. The molecule has 0 aromatic heterocycles. The third kappa shape index (κ3) is 4.52. The van der Waals surface area contributed by atoms with Crippen molar-refractivity contribution in [1.29, 1.82) is 0 Å². The predicted molar refractivity (Wildman–Crippen MR) is 125 cm³/mol. The summed E-state index contributed by atoms with van der Waals surface area (Å²) in [4.78, 5) is 0. The fraction of sp³-hybridized carbons (Fsp3) is 0.103. The molecular weight excluding hydrogens is 364 g/mol. The van der Waals surface area contributed by atoms with Gasteiger partial charge in [0, 0.05) is 11.8 Å². The van der Waals surface area contributed by atoms with E-state index in [-0.39, 0.29) is 11.8 Å². The van der Waals surface area contributed by atoms with Gasteiger partial charge >= 0.3 is 0 Å². The third-order valence-electron chi connectivity index (χ3n) is 5.42. The lowest BCUT2D eigenvalue weighted by atomic mass is 9.74. The van der Waals surface area contributed by atoms with E-state index >= 15 is 0 Å². The van der Waals surface area contributed by atoms with Gasteiger partial charge in [0.15, 0.2) is 0 Å². The maximum absolute atomic E-state index is 5.71. The van der Waals surface area contributed by atoms with E-state index in [4.69, 9.17) is 4.74 Å². The van der Waals surface area contributed by atoms with Crippen LogP contribution in [0.5, 0.6) is 5.75 Å². The molecule has 0 N–H and O–H groups in total. The molecule has 0 radical (unpaired) electrons. The summed E-state index contributed by atoms with van der Waals surface area (Å²) >= 11 is 0. The molecule has 0 spiro atoms. The smallest absolute Gasteiger partial charge is 0.119 e. The zero-order valence-electron chi connectivity index (χ0n) is 17.0. The van der Waals surface area contributed by atoms with Crippen LogP contribution in [0.25, 0.3) is 0 Å². The average Bonchev–Trinajstić information content (AvgIpc) is 2.83. The van der Waals surface area contributed by atoms with Crippen LogP contribution >= 0.6 is 0 Å².